The fourth-order valence-electron chi connectivity index (χ4n) is 4.15. The van der Waals surface area contributed by atoms with E-state index in [0.717, 1.165) is 32.1 Å². The molecule has 0 bridgehead atoms. The number of nitrogens with two attached hydrogens (primary N) is 2. The van der Waals surface area contributed by atoms with Crippen molar-refractivity contribution < 1.29 is 24.6 Å². The van der Waals surface area contributed by atoms with E-state index in [1.165, 1.54) is 4.90 Å². The minimum Gasteiger partial charge on any atom is -0.480 e. The Kier molecular flexibility index (Phi) is 8.69. The first-order chi connectivity index (χ1) is 13.8. The number of aliphatic hydroxyl groups excluding tert-OH is 1. The summed E-state index contributed by atoms with van der Waals surface area (Å²) in [4.78, 5) is 42.2. The highest BCUT2D eigenvalue weighted by molar-refractivity contribution is 5.92. The predicted octanol–water partition coefficient (Wildman–Crippen LogP) is -0.458. The molecule has 1 aliphatic heterocycles. The van der Waals surface area contributed by atoms with Crippen LogP contribution in [0.25, 0.3) is 0 Å². The Labute approximate surface area is 170 Å². The van der Waals surface area contributed by atoms with Crippen molar-refractivity contribution in [3.63, 3.8) is 0 Å². The summed E-state index contributed by atoms with van der Waals surface area (Å²) in [5.74, 6) is -2.21. The Morgan fingerprint density at radius 3 is 2.41 bits per heavy atom. The standard InChI is InChI=1S/C19H33N5O5/c20-19(21)22-10-4-8-13(18(28)29)23-16(26)14-9-5-11-24(14)17(27)15(25)12-6-2-1-3-7-12/h12-15,25H,1-11H2,(H,23,26)(H,28,29)(H4,20,21,22)/t13-,14-,15?/m0/s1. The van der Waals surface area contributed by atoms with Crippen molar-refractivity contribution in [2.45, 2.75) is 76.0 Å². The number of aliphatic hydroxyl groups is 1. The molecule has 1 unspecified atom stereocenters. The molecule has 1 saturated heterocycles. The highest BCUT2D eigenvalue weighted by Crippen LogP contribution is 2.29. The van der Waals surface area contributed by atoms with Crippen LogP contribution in [0.1, 0.15) is 57.8 Å². The van der Waals surface area contributed by atoms with Crippen LogP contribution in [0.4, 0.5) is 0 Å². The molecule has 1 aliphatic carbocycles. The van der Waals surface area contributed by atoms with Crippen LogP contribution < -0.4 is 16.8 Å². The van der Waals surface area contributed by atoms with Gasteiger partial charge >= 0.3 is 5.97 Å². The molecule has 7 N–H and O–H groups in total. The number of rotatable bonds is 9. The van der Waals surface area contributed by atoms with Gasteiger partial charge in [0.05, 0.1) is 0 Å². The third-order valence-corrected chi connectivity index (χ3v) is 5.75. The maximum absolute atomic E-state index is 12.8. The smallest absolute Gasteiger partial charge is 0.326 e. The largest absolute Gasteiger partial charge is 0.480 e. The van der Waals surface area contributed by atoms with E-state index in [2.05, 4.69) is 10.3 Å². The average Bonchev–Trinajstić information content (AvgIpc) is 3.19. The molecule has 0 spiro atoms. The second kappa shape index (κ2) is 11.0. The fraction of sp³-hybridized carbons (Fsp3) is 0.789. The lowest BCUT2D eigenvalue weighted by Gasteiger charge is -2.31. The second-order valence-electron chi connectivity index (χ2n) is 7.88. The second-order valence-corrected chi connectivity index (χ2v) is 7.88. The van der Waals surface area contributed by atoms with Crippen LogP contribution in [0.15, 0.2) is 4.99 Å². The summed E-state index contributed by atoms with van der Waals surface area (Å²) in [5, 5.41) is 22.4. The number of likely N-dealkylation sites (tertiary alicyclic amines) is 1. The molecule has 2 amide bonds. The SMILES string of the molecule is NC(N)=NCCC[C@H](NC(=O)[C@@H]1CCCN1C(=O)C(O)C1CCCCC1)C(=O)O. The zero-order valence-electron chi connectivity index (χ0n) is 16.8. The molecule has 29 heavy (non-hydrogen) atoms. The van der Waals surface area contributed by atoms with Crippen LogP contribution in [0.5, 0.6) is 0 Å². The van der Waals surface area contributed by atoms with E-state index in [-0.39, 0.29) is 24.8 Å². The Bertz CT molecular complexity index is 616. The summed E-state index contributed by atoms with van der Waals surface area (Å²) in [6.45, 7) is 0.659. The third-order valence-electron chi connectivity index (χ3n) is 5.75. The van der Waals surface area contributed by atoms with Crippen LogP contribution in [0.2, 0.25) is 0 Å². The molecule has 10 nitrogen and oxygen atoms in total. The molecule has 2 aliphatic rings. The van der Waals surface area contributed by atoms with Gasteiger partial charge < -0.3 is 31.9 Å². The van der Waals surface area contributed by atoms with Gasteiger partial charge in [-0.2, -0.15) is 0 Å². The fourth-order valence-corrected chi connectivity index (χ4v) is 4.15. The van der Waals surface area contributed by atoms with Crippen molar-refractivity contribution in [3.05, 3.63) is 0 Å². The number of carbonyl (C=O) groups excluding carboxylic acids is 2. The molecular weight excluding hydrogens is 378 g/mol. The molecule has 0 aromatic heterocycles. The van der Waals surface area contributed by atoms with Gasteiger partial charge in [-0.05, 0) is 44.4 Å². The summed E-state index contributed by atoms with van der Waals surface area (Å²) in [6.07, 6.45) is 5.30. The monoisotopic (exact) mass is 411 g/mol. The molecule has 0 aromatic carbocycles. The van der Waals surface area contributed by atoms with E-state index in [0.29, 0.717) is 25.8 Å². The molecule has 164 valence electrons. The summed E-state index contributed by atoms with van der Waals surface area (Å²) in [7, 11) is 0. The van der Waals surface area contributed by atoms with Crippen LogP contribution in [0.3, 0.4) is 0 Å². The number of hydrogen-bond donors (Lipinski definition) is 5. The number of hydrogen-bond acceptors (Lipinski definition) is 5. The van der Waals surface area contributed by atoms with E-state index in [9.17, 15) is 24.6 Å². The number of carbonyl (C=O) groups is 3. The van der Waals surface area contributed by atoms with Crippen LogP contribution in [0, 0.1) is 5.92 Å². The molecule has 1 saturated carbocycles. The van der Waals surface area contributed by atoms with Gasteiger partial charge in [0.1, 0.15) is 18.2 Å². The maximum atomic E-state index is 12.8. The van der Waals surface area contributed by atoms with Crippen molar-refractivity contribution in [3.8, 4) is 0 Å². The summed E-state index contributed by atoms with van der Waals surface area (Å²) in [6, 6.07) is -1.84. The number of carboxylic acid groups (broad SMARTS) is 1. The molecule has 0 radical (unpaired) electrons. The van der Waals surface area contributed by atoms with Crippen molar-refractivity contribution in [1.82, 2.24) is 10.2 Å². The minimum atomic E-state index is -1.15. The first-order valence-electron chi connectivity index (χ1n) is 10.4. The number of aliphatic imine (C=N–C) groups is 1. The van der Waals surface area contributed by atoms with Gasteiger partial charge in [0.15, 0.2) is 5.96 Å². The summed E-state index contributed by atoms with van der Waals surface area (Å²) < 4.78 is 0. The van der Waals surface area contributed by atoms with Gasteiger partial charge in [-0.25, -0.2) is 4.79 Å². The topological polar surface area (TPSA) is 171 Å². The lowest BCUT2D eigenvalue weighted by atomic mass is 9.84. The van der Waals surface area contributed by atoms with E-state index in [1.54, 1.807) is 0 Å². The number of carboxylic acids is 1. The highest BCUT2D eigenvalue weighted by Gasteiger charge is 2.40. The number of aliphatic carboxylic acids is 1. The molecular formula is C19H33N5O5. The lowest BCUT2D eigenvalue weighted by Crippen LogP contribution is -2.53. The van der Waals surface area contributed by atoms with E-state index in [1.807, 2.05) is 0 Å². The Balaban J connectivity index is 1.93. The van der Waals surface area contributed by atoms with Gasteiger partial charge in [-0.15, -0.1) is 0 Å². The van der Waals surface area contributed by atoms with Crippen molar-refractivity contribution in [2.75, 3.05) is 13.1 Å². The van der Waals surface area contributed by atoms with Crippen molar-refractivity contribution in [2.24, 2.45) is 22.4 Å². The van der Waals surface area contributed by atoms with Gasteiger partial charge in [0, 0.05) is 13.1 Å². The number of amides is 2. The zero-order valence-corrected chi connectivity index (χ0v) is 16.8. The van der Waals surface area contributed by atoms with Crippen LogP contribution in [-0.2, 0) is 14.4 Å². The van der Waals surface area contributed by atoms with Gasteiger partial charge in [0.2, 0.25) is 5.91 Å². The Morgan fingerprint density at radius 2 is 1.79 bits per heavy atom. The number of guanidine groups is 1. The maximum Gasteiger partial charge on any atom is 0.326 e. The molecule has 10 heteroatoms. The van der Waals surface area contributed by atoms with Gasteiger partial charge in [-0.3, -0.25) is 14.6 Å². The van der Waals surface area contributed by atoms with E-state index < -0.39 is 36.0 Å². The van der Waals surface area contributed by atoms with Crippen LogP contribution in [-0.4, -0.2) is 70.1 Å². The molecule has 1 heterocycles. The van der Waals surface area contributed by atoms with Crippen molar-refractivity contribution in [1.29, 1.82) is 0 Å². The summed E-state index contributed by atoms with van der Waals surface area (Å²) in [5.41, 5.74) is 10.5. The predicted molar refractivity (Wildman–Crippen MR) is 107 cm³/mol. The van der Waals surface area contributed by atoms with Gasteiger partial charge in [-0.1, -0.05) is 19.3 Å². The zero-order chi connectivity index (χ0) is 21.4. The molecule has 2 fully saturated rings. The third kappa shape index (κ3) is 6.59. The first kappa shape index (κ1) is 22.9. The molecule has 3 atom stereocenters. The first-order valence-corrected chi connectivity index (χ1v) is 10.4. The summed E-state index contributed by atoms with van der Waals surface area (Å²) >= 11 is 0. The Morgan fingerprint density at radius 1 is 1.10 bits per heavy atom. The normalized spacial score (nSPS) is 22.0. The highest BCUT2D eigenvalue weighted by atomic mass is 16.4. The average molecular weight is 412 g/mol. The molecule has 2 rings (SSSR count). The minimum absolute atomic E-state index is 0.0668. The Hall–Kier alpha value is -2.36. The number of nitrogens with zero attached hydrogens (tertiary/aromatic N) is 2. The van der Waals surface area contributed by atoms with E-state index in [4.69, 9.17) is 11.5 Å². The lowest BCUT2D eigenvalue weighted by molar-refractivity contribution is -0.149. The number of nitrogens with one attached hydrogen (secondary N) is 1. The van der Waals surface area contributed by atoms with Gasteiger partial charge in [0.25, 0.3) is 5.91 Å². The van der Waals surface area contributed by atoms with Crippen LogP contribution >= 0.6 is 0 Å². The quantitative estimate of drug-likeness (QED) is 0.194. The van der Waals surface area contributed by atoms with Crippen molar-refractivity contribution >= 4 is 23.7 Å². The molecule has 0 aromatic rings. The van der Waals surface area contributed by atoms with E-state index >= 15 is 0 Å².